The fraction of sp³-hybridized carbons (Fsp3) is 0.318. The smallest absolute Gasteiger partial charge is 0.305 e. The number of nitro groups is 1. The standard InChI is InChI=1S/C22H22FN5O3S/c1-14-12-27(15(2)11-26(14)13-16-3-7-18(23)8-4-16)20(29)10-6-17-5-9-19-21(25-32-24-19)22(17)28(30)31/h3-10,14-15H,11-13H2,1-2H3/b10-6+/t14-,15+/m0/s1. The maximum absolute atomic E-state index is 13.2. The van der Waals surface area contributed by atoms with Crippen molar-refractivity contribution in [2.24, 2.45) is 0 Å². The van der Waals surface area contributed by atoms with Gasteiger partial charge in [0.15, 0.2) is 5.52 Å². The molecule has 1 aliphatic rings. The summed E-state index contributed by atoms with van der Waals surface area (Å²) in [6, 6.07) is 9.76. The van der Waals surface area contributed by atoms with Gasteiger partial charge in [0.1, 0.15) is 11.3 Å². The molecule has 0 aliphatic carbocycles. The Balaban J connectivity index is 1.47. The molecule has 1 fully saturated rings. The van der Waals surface area contributed by atoms with Crippen LogP contribution in [0.25, 0.3) is 17.1 Å². The predicted octanol–water partition coefficient (Wildman–Crippen LogP) is 3.87. The van der Waals surface area contributed by atoms with Crippen LogP contribution in [0.5, 0.6) is 0 Å². The van der Waals surface area contributed by atoms with Crippen molar-refractivity contribution in [1.82, 2.24) is 18.5 Å². The second-order valence-corrected chi connectivity index (χ2v) is 8.50. The maximum Gasteiger partial charge on any atom is 0.305 e. The van der Waals surface area contributed by atoms with Crippen LogP contribution < -0.4 is 0 Å². The highest BCUT2D eigenvalue weighted by molar-refractivity contribution is 7.00. The van der Waals surface area contributed by atoms with E-state index in [1.165, 1.54) is 24.3 Å². The number of fused-ring (bicyclic) bond motifs is 1. The van der Waals surface area contributed by atoms with E-state index in [1.807, 2.05) is 13.8 Å². The maximum atomic E-state index is 13.2. The number of carbonyl (C=O) groups excluding carboxylic acids is 1. The number of nitrogens with zero attached hydrogens (tertiary/aromatic N) is 5. The van der Waals surface area contributed by atoms with Gasteiger partial charge in [-0.1, -0.05) is 12.1 Å². The Hall–Kier alpha value is -3.24. The summed E-state index contributed by atoms with van der Waals surface area (Å²) in [7, 11) is 0. The van der Waals surface area contributed by atoms with Gasteiger partial charge in [-0.05, 0) is 49.8 Å². The normalized spacial score (nSPS) is 19.7. The van der Waals surface area contributed by atoms with Gasteiger partial charge in [-0.3, -0.25) is 19.8 Å². The largest absolute Gasteiger partial charge is 0.334 e. The highest BCUT2D eigenvalue weighted by Crippen LogP contribution is 2.29. The van der Waals surface area contributed by atoms with Crippen molar-refractivity contribution < 1.29 is 14.1 Å². The van der Waals surface area contributed by atoms with Crippen molar-refractivity contribution >= 4 is 40.4 Å². The number of hydrogen-bond donors (Lipinski definition) is 0. The first-order valence-corrected chi connectivity index (χ1v) is 10.9. The van der Waals surface area contributed by atoms with Crippen LogP contribution in [0.4, 0.5) is 10.1 Å². The fourth-order valence-corrected chi connectivity index (χ4v) is 4.52. The average molecular weight is 456 g/mol. The van der Waals surface area contributed by atoms with Crippen molar-refractivity contribution in [1.29, 1.82) is 0 Å². The molecule has 32 heavy (non-hydrogen) atoms. The van der Waals surface area contributed by atoms with Crippen LogP contribution in [0.15, 0.2) is 42.5 Å². The molecule has 0 N–H and O–H groups in total. The molecule has 2 aromatic carbocycles. The third kappa shape index (κ3) is 4.51. The van der Waals surface area contributed by atoms with Crippen LogP contribution >= 0.6 is 11.7 Å². The van der Waals surface area contributed by atoms with E-state index >= 15 is 0 Å². The van der Waals surface area contributed by atoms with Crippen LogP contribution in [-0.4, -0.2) is 54.6 Å². The van der Waals surface area contributed by atoms with Crippen LogP contribution in [0.1, 0.15) is 25.0 Å². The molecule has 0 bridgehead atoms. The summed E-state index contributed by atoms with van der Waals surface area (Å²) in [4.78, 5) is 28.0. The second-order valence-electron chi connectivity index (χ2n) is 7.97. The Morgan fingerprint density at radius 3 is 2.66 bits per heavy atom. The summed E-state index contributed by atoms with van der Waals surface area (Å²) >= 11 is 0.915. The molecule has 1 aliphatic heterocycles. The summed E-state index contributed by atoms with van der Waals surface area (Å²) in [5.41, 5.74) is 1.88. The molecular weight excluding hydrogens is 433 g/mol. The van der Waals surface area contributed by atoms with Crippen molar-refractivity contribution in [3.8, 4) is 0 Å². The molecule has 10 heteroatoms. The van der Waals surface area contributed by atoms with E-state index in [0.717, 1.165) is 17.3 Å². The van der Waals surface area contributed by atoms with Gasteiger partial charge in [0.2, 0.25) is 5.91 Å². The van der Waals surface area contributed by atoms with Crippen LogP contribution in [0, 0.1) is 15.9 Å². The summed E-state index contributed by atoms with van der Waals surface area (Å²) in [6.07, 6.45) is 2.86. The number of carbonyl (C=O) groups is 1. The van der Waals surface area contributed by atoms with Crippen molar-refractivity contribution in [3.63, 3.8) is 0 Å². The van der Waals surface area contributed by atoms with Gasteiger partial charge >= 0.3 is 5.69 Å². The third-order valence-corrected chi connectivity index (χ3v) is 6.26. The van der Waals surface area contributed by atoms with Crippen molar-refractivity contribution in [3.05, 3.63) is 69.5 Å². The highest BCUT2D eigenvalue weighted by atomic mass is 32.1. The lowest BCUT2D eigenvalue weighted by Crippen LogP contribution is -2.57. The first-order valence-electron chi connectivity index (χ1n) is 10.2. The Morgan fingerprint density at radius 2 is 1.94 bits per heavy atom. The predicted molar refractivity (Wildman–Crippen MR) is 121 cm³/mol. The monoisotopic (exact) mass is 455 g/mol. The van der Waals surface area contributed by atoms with Gasteiger partial charge in [-0.25, -0.2) is 4.39 Å². The van der Waals surface area contributed by atoms with Gasteiger partial charge in [0, 0.05) is 37.8 Å². The molecule has 0 saturated carbocycles. The van der Waals surface area contributed by atoms with Crippen LogP contribution in [0.3, 0.4) is 0 Å². The molecule has 4 rings (SSSR count). The van der Waals surface area contributed by atoms with E-state index in [9.17, 15) is 19.3 Å². The molecule has 166 valence electrons. The minimum absolute atomic E-state index is 0.0380. The number of benzene rings is 2. The van der Waals surface area contributed by atoms with Crippen molar-refractivity contribution in [2.75, 3.05) is 13.1 Å². The van der Waals surface area contributed by atoms with E-state index in [-0.39, 0.29) is 35.0 Å². The Bertz CT molecular complexity index is 1180. The van der Waals surface area contributed by atoms with E-state index < -0.39 is 4.92 Å². The Morgan fingerprint density at radius 1 is 1.19 bits per heavy atom. The number of rotatable bonds is 5. The minimum Gasteiger partial charge on any atom is -0.334 e. The van der Waals surface area contributed by atoms with Gasteiger partial charge in [0.25, 0.3) is 0 Å². The van der Waals surface area contributed by atoms with E-state index in [0.29, 0.717) is 30.7 Å². The molecule has 1 saturated heterocycles. The summed E-state index contributed by atoms with van der Waals surface area (Å²) in [6.45, 7) is 5.91. The first kappa shape index (κ1) is 22.0. The average Bonchev–Trinajstić information content (AvgIpc) is 3.24. The summed E-state index contributed by atoms with van der Waals surface area (Å²) in [5, 5.41) is 11.6. The Labute approximate surface area is 188 Å². The molecule has 0 unspecified atom stereocenters. The Kier molecular flexibility index (Phi) is 6.24. The van der Waals surface area contributed by atoms with Crippen LogP contribution in [0.2, 0.25) is 0 Å². The highest BCUT2D eigenvalue weighted by Gasteiger charge is 2.31. The quantitative estimate of drug-likeness (QED) is 0.329. The minimum atomic E-state index is -0.493. The van der Waals surface area contributed by atoms with Gasteiger partial charge in [-0.2, -0.15) is 8.75 Å². The van der Waals surface area contributed by atoms with E-state index in [1.54, 1.807) is 29.2 Å². The lowest BCUT2D eigenvalue weighted by Gasteiger charge is -2.43. The zero-order valence-corrected chi connectivity index (χ0v) is 18.5. The molecular formula is C22H22FN5O3S. The fourth-order valence-electron chi connectivity index (χ4n) is 3.99. The van der Waals surface area contributed by atoms with Gasteiger partial charge in [0.05, 0.1) is 22.2 Å². The lowest BCUT2D eigenvalue weighted by atomic mass is 10.1. The van der Waals surface area contributed by atoms with Crippen LogP contribution in [-0.2, 0) is 11.3 Å². The third-order valence-electron chi connectivity index (χ3n) is 5.72. The number of piperazine rings is 1. The molecule has 3 aromatic rings. The second kappa shape index (κ2) is 9.09. The van der Waals surface area contributed by atoms with E-state index in [2.05, 4.69) is 13.6 Å². The first-order chi connectivity index (χ1) is 15.3. The molecule has 8 nitrogen and oxygen atoms in total. The molecule has 1 aromatic heterocycles. The number of amides is 1. The van der Waals surface area contributed by atoms with Gasteiger partial charge < -0.3 is 4.90 Å². The summed E-state index contributed by atoms with van der Waals surface area (Å²) < 4.78 is 21.2. The molecule has 0 radical (unpaired) electrons. The van der Waals surface area contributed by atoms with E-state index in [4.69, 9.17) is 0 Å². The molecule has 0 spiro atoms. The zero-order chi connectivity index (χ0) is 22.8. The number of halogens is 1. The number of aromatic nitrogens is 2. The number of nitro benzene ring substituents is 1. The van der Waals surface area contributed by atoms with Gasteiger partial charge in [-0.15, -0.1) is 0 Å². The SMILES string of the molecule is C[C@@H]1CN(Cc2ccc(F)cc2)[C@@H](C)CN1C(=O)/C=C/c1ccc2nsnc2c1[N+](=O)[O-]. The molecule has 2 heterocycles. The van der Waals surface area contributed by atoms with Crippen molar-refractivity contribution in [2.45, 2.75) is 32.5 Å². The number of hydrogen-bond acceptors (Lipinski definition) is 7. The molecule has 2 atom stereocenters. The summed E-state index contributed by atoms with van der Waals surface area (Å²) in [5.74, 6) is -0.459. The zero-order valence-electron chi connectivity index (χ0n) is 17.6. The topological polar surface area (TPSA) is 92.5 Å². The molecule has 1 amide bonds. The lowest BCUT2D eigenvalue weighted by molar-refractivity contribution is -0.383.